The summed E-state index contributed by atoms with van der Waals surface area (Å²) in [5, 5.41) is 3.98. The van der Waals surface area contributed by atoms with Gasteiger partial charge in [-0.05, 0) is 67.1 Å². The normalized spacial score (nSPS) is 14.4. The fraction of sp³-hybridized carbons (Fsp3) is 0.286. The van der Waals surface area contributed by atoms with Crippen LogP contribution in [-0.4, -0.2) is 53.5 Å². The molecule has 180 valence electrons. The van der Waals surface area contributed by atoms with Crippen LogP contribution in [0.5, 0.6) is 0 Å². The Labute approximate surface area is 210 Å². The Morgan fingerprint density at radius 1 is 1.03 bits per heavy atom. The third-order valence-corrected chi connectivity index (χ3v) is 7.55. The summed E-state index contributed by atoms with van der Waals surface area (Å²) in [7, 11) is 0. The standard InChI is InChI=1S/C28H31N5OS/c1-3-32-14-16-33(17-15-32)23-12-13-24(20(2)18-23)29-27(34)22-10-8-21(9-11-22)19-35-28-30-25-6-4-5-7-26(25)31-28/h4-13,18H,3,14-17,19H2,1-2H3,(H,29,34)(H,30,31). The fourth-order valence-electron chi connectivity index (χ4n) is 4.40. The molecule has 1 aliphatic rings. The lowest BCUT2D eigenvalue weighted by atomic mass is 10.1. The molecular formula is C28H31N5OS. The summed E-state index contributed by atoms with van der Waals surface area (Å²) in [4.78, 5) is 25.7. The number of fused-ring (bicyclic) bond motifs is 1. The van der Waals surface area contributed by atoms with Crippen LogP contribution in [0.4, 0.5) is 11.4 Å². The number of thioether (sulfide) groups is 1. The van der Waals surface area contributed by atoms with Crippen molar-refractivity contribution in [2.45, 2.75) is 24.8 Å². The summed E-state index contributed by atoms with van der Waals surface area (Å²) in [5.41, 5.74) is 6.98. The van der Waals surface area contributed by atoms with Crippen LogP contribution in [0.15, 0.2) is 71.9 Å². The first kappa shape index (κ1) is 23.5. The second kappa shape index (κ2) is 10.5. The van der Waals surface area contributed by atoms with E-state index in [0.29, 0.717) is 5.56 Å². The van der Waals surface area contributed by atoms with Crippen molar-refractivity contribution in [1.82, 2.24) is 14.9 Å². The number of benzene rings is 3. The van der Waals surface area contributed by atoms with Gasteiger partial charge in [0.25, 0.3) is 5.91 Å². The van der Waals surface area contributed by atoms with E-state index in [1.54, 1.807) is 11.8 Å². The second-order valence-electron chi connectivity index (χ2n) is 8.92. The molecule has 2 heterocycles. The molecule has 7 heteroatoms. The highest BCUT2D eigenvalue weighted by molar-refractivity contribution is 7.98. The lowest BCUT2D eigenvalue weighted by molar-refractivity contribution is 0.102. The maximum Gasteiger partial charge on any atom is 0.255 e. The topological polar surface area (TPSA) is 64.3 Å². The van der Waals surface area contributed by atoms with E-state index >= 15 is 0 Å². The average Bonchev–Trinajstić information content (AvgIpc) is 3.32. The first-order chi connectivity index (χ1) is 17.1. The van der Waals surface area contributed by atoms with E-state index in [1.807, 2.05) is 54.6 Å². The highest BCUT2D eigenvalue weighted by Gasteiger charge is 2.17. The van der Waals surface area contributed by atoms with Gasteiger partial charge in [-0.2, -0.15) is 0 Å². The number of anilines is 2. The largest absolute Gasteiger partial charge is 0.369 e. The Morgan fingerprint density at radius 2 is 1.80 bits per heavy atom. The van der Waals surface area contributed by atoms with Crippen molar-refractivity contribution in [3.8, 4) is 0 Å². The zero-order valence-electron chi connectivity index (χ0n) is 20.3. The Bertz CT molecular complexity index is 1280. The molecule has 35 heavy (non-hydrogen) atoms. The molecule has 1 aliphatic heterocycles. The molecule has 0 unspecified atom stereocenters. The number of nitrogens with one attached hydrogen (secondary N) is 2. The molecule has 0 radical (unpaired) electrons. The molecule has 5 rings (SSSR count). The molecule has 2 N–H and O–H groups in total. The van der Waals surface area contributed by atoms with Crippen LogP contribution in [-0.2, 0) is 5.75 Å². The van der Waals surface area contributed by atoms with Gasteiger partial charge in [0.1, 0.15) is 0 Å². The number of para-hydroxylation sites is 2. The number of aromatic amines is 1. The Kier molecular flexibility index (Phi) is 7.06. The van der Waals surface area contributed by atoms with E-state index in [-0.39, 0.29) is 5.91 Å². The smallest absolute Gasteiger partial charge is 0.255 e. The molecule has 3 aromatic carbocycles. The molecule has 1 aromatic heterocycles. The summed E-state index contributed by atoms with van der Waals surface area (Å²) in [6.45, 7) is 9.66. The van der Waals surface area contributed by atoms with Gasteiger partial charge in [-0.1, -0.05) is 43.0 Å². The highest BCUT2D eigenvalue weighted by Crippen LogP contribution is 2.25. The van der Waals surface area contributed by atoms with Crippen molar-refractivity contribution >= 4 is 40.1 Å². The summed E-state index contributed by atoms with van der Waals surface area (Å²) in [6.07, 6.45) is 0. The van der Waals surface area contributed by atoms with E-state index < -0.39 is 0 Å². The number of aryl methyl sites for hydroxylation is 1. The minimum Gasteiger partial charge on any atom is -0.369 e. The van der Waals surface area contributed by atoms with Gasteiger partial charge < -0.3 is 20.1 Å². The highest BCUT2D eigenvalue weighted by atomic mass is 32.2. The zero-order valence-corrected chi connectivity index (χ0v) is 21.1. The maximum atomic E-state index is 12.9. The first-order valence-electron chi connectivity index (χ1n) is 12.1. The van der Waals surface area contributed by atoms with Crippen molar-refractivity contribution < 1.29 is 4.79 Å². The molecule has 0 bridgehead atoms. The minimum absolute atomic E-state index is 0.0890. The van der Waals surface area contributed by atoms with Crippen LogP contribution in [0.3, 0.4) is 0 Å². The molecule has 0 saturated carbocycles. The van der Waals surface area contributed by atoms with Crippen LogP contribution < -0.4 is 10.2 Å². The molecule has 1 amide bonds. The van der Waals surface area contributed by atoms with Crippen LogP contribution in [0.1, 0.15) is 28.4 Å². The number of carbonyl (C=O) groups is 1. The van der Waals surface area contributed by atoms with Crippen molar-refractivity contribution in [3.63, 3.8) is 0 Å². The number of piperazine rings is 1. The third-order valence-electron chi connectivity index (χ3n) is 6.60. The fourth-order valence-corrected chi connectivity index (χ4v) is 5.24. The molecule has 1 fully saturated rings. The number of hydrogen-bond donors (Lipinski definition) is 2. The average molecular weight is 486 g/mol. The van der Waals surface area contributed by atoms with Crippen LogP contribution >= 0.6 is 11.8 Å². The van der Waals surface area contributed by atoms with Gasteiger partial charge in [0, 0.05) is 48.9 Å². The number of aromatic nitrogens is 2. The predicted molar refractivity (Wildman–Crippen MR) is 146 cm³/mol. The van der Waals surface area contributed by atoms with Gasteiger partial charge in [-0.3, -0.25) is 4.79 Å². The van der Waals surface area contributed by atoms with E-state index in [2.05, 4.69) is 51.1 Å². The van der Waals surface area contributed by atoms with Crippen molar-refractivity contribution in [2.75, 3.05) is 42.9 Å². The summed E-state index contributed by atoms with van der Waals surface area (Å²) in [5.74, 6) is 0.698. The quantitative estimate of drug-likeness (QED) is 0.336. The molecule has 0 atom stereocenters. The molecular weight excluding hydrogens is 454 g/mol. The summed E-state index contributed by atoms with van der Waals surface area (Å²) >= 11 is 1.66. The molecule has 0 aliphatic carbocycles. The number of H-pyrrole nitrogens is 1. The number of nitrogens with zero attached hydrogens (tertiary/aromatic N) is 3. The molecule has 1 saturated heterocycles. The van der Waals surface area contributed by atoms with E-state index in [4.69, 9.17) is 0 Å². The number of hydrogen-bond acceptors (Lipinski definition) is 5. The van der Waals surface area contributed by atoms with E-state index in [1.165, 1.54) is 5.69 Å². The second-order valence-corrected chi connectivity index (χ2v) is 9.88. The lowest BCUT2D eigenvalue weighted by Gasteiger charge is -2.35. The summed E-state index contributed by atoms with van der Waals surface area (Å²) in [6, 6.07) is 22.1. The Hall–Kier alpha value is -3.29. The van der Waals surface area contributed by atoms with Crippen LogP contribution in [0.25, 0.3) is 11.0 Å². The SMILES string of the molecule is CCN1CCN(c2ccc(NC(=O)c3ccc(CSc4nc5ccccc5[nH]4)cc3)c(C)c2)CC1. The predicted octanol–water partition coefficient (Wildman–Crippen LogP) is 5.56. The Morgan fingerprint density at radius 3 is 2.51 bits per heavy atom. The van der Waals surface area contributed by atoms with Crippen molar-refractivity contribution in [3.05, 3.63) is 83.4 Å². The van der Waals surface area contributed by atoms with Gasteiger partial charge in [0.15, 0.2) is 5.16 Å². The Balaban J connectivity index is 1.17. The zero-order chi connectivity index (χ0) is 24.2. The monoisotopic (exact) mass is 485 g/mol. The van der Waals surface area contributed by atoms with Crippen molar-refractivity contribution in [2.24, 2.45) is 0 Å². The van der Waals surface area contributed by atoms with Crippen LogP contribution in [0.2, 0.25) is 0 Å². The molecule has 6 nitrogen and oxygen atoms in total. The van der Waals surface area contributed by atoms with Gasteiger partial charge in [0.2, 0.25) is 0 Å². The van der Waals surface area contributed by atoms with E-state index in [0.717, 1.165) is 71.5 Å². The van der Waals surface area contributed by atoms with E-state index in [9.17, 15) is 4.79 Å². The van der Waals surface area contributed by atoms with Gasteiger partial charge in [0.05, 0.1) is 11.0 Å². The first-order valence-corrected chi connectivity index (χ1v) is 13.1. The maximum absolute atomic E-state index is 12.9. The van der Waals surface area contributed by atoms with Gasteiger partial charge in [-0.25, -0.2) is 4.98 Å². The minimum atomic E-state index is -0.0890. The lowest BCUT2D eigenvalue weighted by Crippen LogP contribution is -2.46. The number of carbonyl (C=O) groups excluding carboxylic acids is 1. The summed E-state index contributed by atoms with van der Waals surface area (Å²) < 4.78 is 0. The number of rotatable bonds is 7. The molecule has 4 aromatic rings. The molecule has 0 spiro atoms. The van der Waals surface area contributed by atoms with Crippen molar-refractivity contribution in [1.29, 1.82) is 0 Å². The van der Waals surface area contributed by atoms with Crippen LogP contribution in [0, 0.1) is 6.92 Å². The number of amides is 1. The van der Waals surface area contributed by atoms with Gasteiger partial charge >= 0.3 is 0 Å². The number of likely N-dealkylation sites (N-methyl/N-ethyl adjacent to an activating group) is 1. The number of imidazole rings is 1. The van der Waals surface area contributed by atoms with Gasteiger partial charge in [-0.15, -0.1) is 0 Å². The third kappa shape index (κ3) is 5.52.